The van der Waals surface area contributed by atoms with Crippen LogP contribution < -0.4 is 0 Å². The molecule has 0 saturated heterocycles. The maximum Gasteiger partial charge on any atom is -0.00987 e. The van der Waals surface area contributed by atoms with Gasteiger partial charge in [-0.05, 0) is 94.5 Å². The van der Waals surface area contributed by atoms with E-state index in [1.165, 1.54) is 70.9 Å². The lowest BCUT2D eigenvalue weighted by Crippen LogP contribution is -2.11. The lowest BCUT2D eigenvalue weighted by molar-refractivity contribution is 0.591. The van der Waals surface area contributed by atoms with Crippen LogP contribution >= 0.6 is 0 Å². The molecule has 0 nitrogen and oxygen atoms in total. The van der Waals surface area contributed by atoms with Crippen LogP contribution in [0.1, 0.15) is 26.3 Å². The van der Waals surface area contributed by atoms with Gasteiger partial charge in [0.25, 0.3) is 0 Å². The van der Waals surface area contributed by atoms with Gasteiger partial charge in [0.15, 0.2) is 0 Å². The van der Waals surface area contributed by atoms with Crippen molar-refractivity contribution >= 4 is 43.1 Å². The van der Waals surface area contributed by atoms with Gasteiger partial charge in [-0.2, -0.15) is 0 Å². The van der Waals surface area contributed by atoms with Crippen molar-refractivity contribution in [3.05, 3.63) is 133 Å². The van der Waals surface area contributed by atoms with Crippen molar-refractivity contribution in [2.75, 3.05) is 0 Å². The molecule has 0 bridgehead atoms. The van der Waals surface area contributed by atoms with Crippen LogP contribution in [-0.4, -0.2) is 0 Å². The van der Waals surface area contributed by atoms with Crippen molar-refractivity contribution in [2.24, 2.45) is 0 Å². The molecule has 7 aromatic carbocycles. The Kier molecular flexibility index (Phi) is 5.13. The summed E-state index contributed by atoms with van der Waals surface area (Å²) in [5.41, 5.74) is 6.48. The van der Waals surface area contributed by atoms with E-state index in [9.17, 15) is 0 Å². The zero-order valence-electron chi connectivity index (χ0n) is 22.1. The van der Waals surface area contributed by atoms with Crippen LogP contribution in [0.3, 0.4) is 0 Å². The van der Waals surface area contributed by atoms with E-state index in [4.69, 9.17) is 0 Å². The Morgan fingerprint density at radius 2 is 0.737 bits per heavy atom. The highest BCUT2D eigenvalue weighted by Crippen LogP contribution is 2.41. The van der Waals surface area contributed by atoms with Crippen molar-refractivity contribution in [1.82, 2.24) is 0 Å². The van der Waals surface area contributed by atoms with Gasteiger partial charge in [-0.3, -0.25) is 0 Å². The van der Waals surface area contributed by atoms with Gasteiger partial charge >= 0.3 is 0 Å². The lowest BCUT2D eigenvalue weighted by atomic mass is 9.81. The number of rotatable bonds is 2. The summed E-state index contributed by atoms with van der Waals surface area (Å²) in [4.78, 5) is 0. The fourth-order valence-corrected chi connectivity index (χ4v) is 5.96. The van der Waals surface area contributed by atoms with Crippen LogP contribution in [0.5, 0.6) is 0 Å². The molecule has 0 atom stereocenters. The molecular formula is C38H30. The van der Waals surface area contributed by atoms with Crippen molar-refractivity contribution in [1.29, 1.82) is 0 Å². The topological polar surface area (TPSA) is 0 Å². The van der Waals surface area contributed by atoms with Gasteiger partial charge in [-0.15, -0.1) is 0 Å². The third-order valence-corrected chi connectivity index (χ3v) is 7.96. The SMILES string of the molecule is CC(C)(C)c1cc(-c2cc3ccccc3c3ccccc23)cc(-c2cc3ccccc3c3ccccc23)c1. The molecule has 0 heteroatoms. The van der Waals surface area contributed by atoms with E-state index in [1.807, 2.05) is 0 Å². The smallest absolute Gasteiger partial charge is 0.00987 e. The first-order chi connectivity index (χ1) is 18.5. The van der Waals surface area contributed by atoms with Crippen LogP contribution in [-0.2, 0) is 5.41 Å². The zero-order valence-corrected chi connectivity index (χ0v) is 22.1. The van der Waals surface area contributed by atoms with E-state index >= 15 is 0 Å². The minimum Gasteiger partial charge on any atom is -0.0616 e. The van der Waals surface area contributed by atoms with Gasteiger partial charge in [0.1, 0.15) is 0 Å². The highest BCUT2D eigenvalue weighted by atomic mass is 14.2. The molecule has 0 heterocycles. The monoisotopic (exact) mass is 486 g/mol. The van der Waals surface area contributed by atoms with E-state index in [2.05, 4.69) is 148 Å². The fourth-order valence-electron chi connectivity index (χ4n) is 5.96. The molecule has 0 saturated carbocycles. The van der Waals surface area contributed by atoms with Crippen molar-refractivity contribution in [2.45, 2.75) is 26.2 Å². The molecule has 0 N–H and O–H groups in total. The minimum atomic E-state index is 0.0179. The highest BCUT2D eigenvalue weighted by Gasteiger charge is 2.19. The van der Waals surface area contributed by atoms with E-state index in [-0.39, 0.29) is 5.41 Å². The average Bonchev–Trinajstić information content (AvgIpc) is 2.95. The Hall–Kier alpha value is -4.42. The summed E-state index contributed by atoms with van der Waals surface area (Å²) in [6, 6.07) is 47.1. The van der Waals surface area contributed by atoms with Crippen molar-refractivity contribution in [3.8, 4) is 22.3 Å². The number of fused-ring (bicyclic) bond motifs is 6. The summed E-state index contributed by atoms with van der Waals surface area (Å²) in [5.74, 6) is 0. The molecule has 0 radical (unpaired) electrons. The molecule has 0 amide bonds. The summed E-state index contributed by atoms with van der Waals surface area (Å²) < 4.78 is 0. The third kappa shape index (κ3) is 3.68. The van der Waals surface area contributed by atoms with Gasteiger partial charge in [0.2, 0.25) is 0 Å². The predicted octanol–water partition coefficient (Wildman–Crippen LogP) is 10.9. The number of hydrogen-bond acceptors (Lipinski definition) is 0. The zero-order chi connectivity index (χ0) is 25.9. The van der Waals surface area contributed by atoms with Gasteiger partial charge in [-0.25, -0.2) is 0 Å². The van der Waals surface area contributed by atoms with Crippen LogP contribution in [0.25, 0.3) is 65.3 Å². The molecule has 38 heavy (non-hydrogen) atoms. The first kappa shape index (κ1) is 22.8. The summed E-state index contributed by atoms with van der Waals surface area (Å²) in [7, 11) is 0. The van der Waals surface area contributed by atoms with Crippen LogP contribution in [0.4, 0.5) is 0 Å². The summed E-state index contributed by atoms with van der Waals surface area (Å²) in [5, 5.41) is 10.4. The van der Waals surface area contributed by atoms with Crippen molar-refractivity contribution in [3.63, 3.8) is 0 Å². The van der Waals surface area contributed by atoms with Crippen LogP contribution in [0.15, 0.2) is 127 Å². The first-order valence-corrected chi connectivity index (χ1v) is 13.4. The molecule has 7 aromatic rings. The normalized spacial score (nSPS) is 12.1. The average molecular weight is 487 g/mol. The predicted molar refractivity (Wildman–Crippen MR) is 166 cm³/mol. The molecule has 0 aromatic heterocycles. The number of benzene rings is 7. The summed E-state index contributed by atoms with van der Waals surface area (Å²) in [6.07, 6.45) is 0. The molecule has 0 unspecified atom stereocenters. The molecular weight excluding hydrogens is 456 g/mol. The second-order valence-electron chi connectivity index (χ2n) is 11.4. The molecule has 0 aliphatic heterocycles. The standard InChI is InChI=1S/C38H30/c1-38(2,3)29-21-27(36-23-25-12-4-6-14-30(25)32-16-8-10-18-34(32)36)20-28(22-29)37-24-26-13-5-7-15-31(26)33-17-9-11-19-35(33)37/h4-24H,1-3H3. The second-order valence-corrected chi connectivity index (χ2v) is 11.4. The van der Waals surface area contributed by atoms with Gasteiger partial charge in [-0.1, -0.05) is 130 Å². The maximum atomic E-state index is 2.41. The highest BCUT2D eigenvalue weighted by molar-refractivity contribution is 6.15. The largest absolute Gasteiger partial charge is 0.0616 e. The molecule has 0 aliphatic carbocycles. The second kappa shape index (κ2) is 8.57. The molecule has 0 aliphatic rings. The molecule has 0 spiro atoms. The van der Waals surface area contributed by atoms with Gasteiger partial charge in [0, 0.05) is 0 Å². The van der Waals surface area contributed by atoms with Crippen LogP contribution in [0, 0.1) is 0 Å². The first-order valence-electron chi connectivity index (χ1n) is 13.4. The van der Waals surface area contributed by atoms with Gasteiger partial charge < -0.3 is 0 Å². The maximum absolute atomic E-state index is 2.41. The van der Waals surface area contributed by atoms with Gasteiger partial charge in [0.05, 0.1) is 0 Å². The fraction of sp³-hybridized carbons (Fsp3) is 0.105. The quantitative estimate of drug-likeness (QED) is 0.213. The van der Waals surface area contributed by atoms with E-state index < -0.39 is 0 Å². The Morgan fingerprint density at radius 1 is 0.368 bits per heavy atom. The Labute approximate surface area is 224 Å². The Balaban J connectivity index is 1.58. The van der Waals surface area contributed by atoms with Crippen LogP contribution in [0.2, 0.25) is 0 Å². The van der Waals surface area contributed by atoms with Crippen molar-refractivity contribution < 1.29 is 0 Å². The summed E-state index contributed by atoms with van der Waals surface area (Å²) in [6.45, 7) is 6.94. The molecule has 182 valence electrons. The molecule has 0 fully saturated rings. The molecule has 7 rings (SSSR count). The lowest BCUT2D eigenvalue weighted by Gasteiger charge is -2.23. The Morgan fingerprint density at radius 3 is 1.16 bits per heavy atom. The summed E-state index contributed by atoms with van der Waals surface area (Å²) >= 11 is 0. The third-order valence-electron chi connectivity index (χ3n) is 7.96. The Bertz CT molecular complexity index is 1860. The van der Waals surface area contributed by atoms with E-state index in [0.717, 1.165) is 0 Å². The number of hydrogen-bond donors (Lipinski definition) is 0. The minimum absolute atomic E-state index is 0.0179. The van der Waals surface area contributed by atoms with E-state index in [1.54, 1.807) is 0 Å². The van der Waals surface area contributed by atoms with E-state index in [0.29, 0.717) is 0 Å².